The third-order valence-corrected chi connectivity index (χ3v) is 4.52. The van der Waals surface area contributed by atoms with E-state index in [0.717, 1.165) is 4.47 Å². The number of benzene rings is 1. The molecule has 5 nitrogen and oxygen atoms in total. The average Bonchev–Trinajstić information content (AvgIpc) is 2.78. The molecule has 1 atom stereocenters. The van der Waals surface area contributed by atoms with Gasteiger partial charge in [0, 0.05) is 34.5 Å². The largest absolute Gasteiger partial charge is 0.375 e. The van der Waals surface area contributed by atoms with Gasteiger partial charge >= 0.3 is 0 Å². The molecule has 2 heterocycles. The van der Waals surface area contributed by atoms with Crippen molar-refractivity contribution in [2.75, 3.05) is 11.4 Å². The Balaban J connectivity index is 2.03. The fraction of sp³-hybridized carbons (Fsp3) is 0.167. The second kappa shape index (κ2) is 6.30. The van der Waals surface area contributed by atoms with E-state index >= 15 is 0 Å². The van der Waals surface area contributed by atoms with Crippen LogP contribution in [0.4, 0.5) is 5.69 Å². The fourth-order valence-corrected chi connectivity index (χ4v) is 3.24. The molecule has 1 aliphatic rings. The lowest BCUT2D eigenvalue weighted by atomic mass is 9.88. The molecule has 3 rings (SSSR count). The normalized spacial score (nSPS) is 19.2. The molecule has 0 unspecified atom stereocenters. The van der Waals surface area contributed by atoms with Crippen LogP contribution < -0.4 is 4.90 Å². The number of pyridine rings is 1. The quantitative estimate of drug-likeness (QED) is 0.633. The highest BCUT2D eigenvalue weighted by atomic mass is 79.9. The van der Waals surface area contributed by atoms with Crippen molar-refractivity contribution in [2.45, 2.75) is 12.0 Å². The molecule has 1 aromatic heterocycles. The topological polar surface area (TPSA) is 70.5 Å². The van der Waals surface area contributed by atoms with Crippen molar-refractivity contribution in [2.24, 2.45) is 0 Å². The van der Waals surface area contributed by atoms with Gasteiger partial charge in [-0.05, 0) is 30.3 Å². The number of carbonyl (C=O) groups excluding carboxylic acids is 2. The van der Waals surface area contributed by atoms with Gasteiger partial charge in [0.1, 0.15) is 0 Å². The summed E-state index contributed by atoms with van der Waals surface area (Å²) in [6, 6.07) is 8.34. The van der Waals surface area contributed by atoms with Crippen molar-refractivity contribution < 1.29 is 14.7 Å². The number of rotatable bonds is 5. The number of carbonyl (C=O) groups is 2. The van der Waals surface area contributed by atoms with E-state index in [9.17, 15) is 14.7 Å². The highest BCUT2D eigenvalue weighted by Gasteiger charge is 2.50. The van der Waals surface area contributed by atoms with Gasteiger partial charge in [0.25, 0.3) is 5.91 Å². The summed E-state index contributed by atoms with van der Waals surface area (Å²) in [6.45, 7) is 3.91. The number of hydrogen-bond donors (Lipinski definition) is 1. The van der Waals surface area contributed by atoms with E-state index in [1.54, 1.807) is 36.4 Å². The number of anilines is 1. The van der Waals surface area contributed by atoms with Crippen LogP contribution in [0.1, 0.15) is 22.3 Å². The summed E-state index contributed by atoms with van der Waals surface area (Å²) < 4.78 is 0.726. The molecular weight excluding hydrogens is 372 g/mol. The van der Waals surface area contributed by atoms with E-state index in [0.29, 0.717) is 16.8 Å². The Bertz CT molecular complexity index is 822. The molecule has 1 N–H and O–H groups in total. The summed E-state index contributed by atoms with van der Waals surface area (Å²) in [5, 5.41) is 11.1. The van der Waals surface area contributed by atoms with Crippen molar-refractivity contribution in [1.82, 2.24) is 4.98 Å². The lowest BCUT2D eigenvalue weighted by Gasteiger charge is -2.22. The first-order valence-electron chi connectivity index (χ1n) is 7.36. The maximum Gasteiger partial charge on any atom is 0.264 e. The van der Waals surface area contributed by atoms with Gasteiger partial charge in [-0.15, -0.1) is 6.58 Å². The number of ketones is 1. The van der Waals surface area contributed by atoms with Crippen LogP contribution in [0.3, 0.4) is 0 Å². The average molecular weight is 387 g/mol. The van der Waals surface area contributed by atoms with Crippen molar-refractivity contribution in [1.29, 1.82) is 0 Å². The molecule has 0 spiro atoms. The van der Waals surface area contributed by atoms with E-state index in [1.165, 1.54) is 17.3 Å². The number of aliphatic hydroxyl groups is 1. The molecule has 1 amide bonds. The summed E-state index contributed by atoms with van der Waals surface area (Å²) in [4.78, 5) is 30.6. The van der Waals surface area contributed by atoms with Crippen molar-refractivity contribution in [3.8, 4) is 0 Å². The minimum Gasteiger partial charge on any atom is -0.375 e. The van der Waals surface area contributed by atoms with Crippen molar-refractivity contribution in [3.63, 3.8) is 0 Å². The Kier molecular flexibility index (Phi) is 4.34. The van der Waals surface area contributed by atoms with Crippen LogP contribution in [0.25, 0.3) is 0 Å². The molecule has 24 heavy (non-hydrogen) atoms. The third kappa shape index (κ3) is 2.68. The standard InChI is InChI=1S/C18H15BrN2O3/c1-2-9-21-15-4-3-13(19)10-14(15)18(24,17(21)23)11-16(22)12-5-7-20-8-6-12/h2-8,10,24H,1,9,11H2/t18-/m0/s1. The number of aromatic nitrogens is 1. The smallest absolute Gasteiger partial charge is 0.264 e. The van der Waals surface area contributed by atoms with E-state index in [2.05, 4.69) is 27.5 Å². The molecule has 6 heteroatoms. The van der Waals surface area contributed by atoms with Crippen LogP contribution in [0.2, 0.25) is 0 Å². The highest BCUT2D eigenvalue weighted by molar-refractivity contribution is 9.10. The SMILES string of the molecule is C=CCN1C(=O)[C@](O)(CC(=O)c2ccncc2)c2cc(Br)ccc21. The predicted octanol–water partition coefficient (Wildman–Crippen LogP) is 2.84. The fourth-order valence-electron chi connectivity index (χ4n) is 2.88. The number of halogens is 1. The Morgan fingerprint density at radius 3 is 2.71 bits per heavy atom. The minimum absolute atomic E-state index is 0.263. The molecule has 0 fully saturated rings. The molecule has 0 saturated carbocycles. The van der Waals surface area contributed by atoms with Gasteiger partial charge in [0.15, 0.2) is 11.4 Å². The van der Waals surface area contributed by atoms with Crippen LogP contribution in [0.15, 0.2) is 59.9 Å². The van der Waals surface area contributed by atoms with Gasteiger partial charge in [-0.25, -0.2) is 0 Å². The first kappa shape index (κ1) is 16.5. The summed E-state index contributed by atoms with van der Waals surface area (Å²) in [5.74, 6) is -0.836. The van der Waals surface area contributed by atoms with Gasteiger partial charge in [-0.2, -0.15) is 0 Å². The minimum atomic E-state index is -1.89. The molecule has 1 aromatic carbocycles. The Morgan fingerprint density at radius 2 is 2.04 bits per heavy atom. The number of fused-ring (bicyclic) bond motifs is 1. The molecule has 0 saturated heterocycles. The van der Waals surface area contributed by atoms with Gasteiger partial charge in [0.2, 0.25) is 0 Å². The van der Waals surface area contributed by atoms with Crippen molar-refractivity contribution >= 4 is 33.3 Å². The zero-order valence-corrected chi connectivity index (χ0v) is 14.4. The Labute approximate surface area is 147 Å². The number of nitrogens with zero attached hydrogens (tertiary/aromatic N) is 2. The van der Waals surface area contributed by atoms with E-state index in [4.69, 9.17) is 0 Å². The summed E-state index contributed by atoms with van der Waals surface area (Å²) in [6.07, 6.45) is 4.26. The Hall–Kier alpha value is -2.31. The first-order chi connectivity index (χ1) is 11.5. The summed E-state index contributed by atoms with van der Waals surface area (Å²) in [5.41, 5.74) is -0.466. The van der Waals surface area contributed by atoms with E-state index in [1.807, 2.05) is 0 Å². The molecule has 0 radical (unpaired) electrons. The van der Waals surface area contributed by atoms with Gasteiger partial charge in [0.05, 0.1) is 12.1 Å². The van der Waals surface area contributed by atoms with Crippen LogP contribution in [-0.2, 0) is 10.4 Å². The molecule has 0 aliphatic carbocycles. The first-order valence-corrected chi connectivity index (χ1v) is 8.15. The lowest BCUT2D eigenvalue weighted by molar-refractivity contribution is -0.135. The zero-order valence-electron chi connectivity index (χ0n) is 12.8. The van der Waals surface area contributed by atoms with E-state index in [-0.39, 0.29) is 18.7 Å². The van der Waals surface area contributed by atoms with Crippen LogP contribution in [-0.4, -0.2) is 28.3 Å². The predicted molar refractivity (Wildman–Crippen MR) is 93.8 cm³/mol. The highest BCUT2D eigenvalue weighted by Crippen LogP contribution is 2.44. The second-order valence-electron chi connectivity index (χ2n) is 5.56. The second-order valence-corrected chi connectivity index (χ2v) is 6.48. The number of Topliss-reactive ketones (excluding diaryl/α,β-unsaturated/α-hetero) is 1. The summed E-state index contributed by atoms with van der Waals surface area (Å²) in [7, 11) is 0. The lowest BCUT2D eigenvalue weighted by Crippen LogP contribution is -2.41. The molecule has 0 bridgehead atoms. The van der Waals surface area contributed by atoms with Crippen LogP contribution in [0.5, 0.6) is 0 Å². The summed E-state index contributed by atoms with van der Waals surface area (Å²) >= 11 is 3.35. The third-order valence-electron chi connectivity index (χ3n) is 4.02. The van der Waals surface area contributed by atoms with E-state index < -0.39 is 11.5 Å². The van der Waals surface area contributed by atoms with Crippen LogP contribution >= 0.6 is 15.9 Å². The number of hydrogen-bond acceptors (Lipinski definition) is 4. The number of amides is 1. The molecular formula is C18H15BrN2O3. The molecule has 1 aliphatic heterocycles. The van der Waals surface area contributed by atoms with Gasteiger partial charge in [-0.3, -0.25) is 14.6 Å². The van der Waals surface area contributed by atoms with Crippen molar-refractivity contribution in [3.05, 3.63) is 71.0 Å². The van der Waals surface area contributed by atoms with Crippen LogP contribution in [0, 0.1) is 0 Å². The molecule has 122 valence electrons. The maximum atomic E-state index is 12.8. The monoisotopic (exact) mass is 386 g/mol. The van der Waals surface area contributed by atoms with Gasteiger partial charge in [-0.1, -0.05) is 22.0 Å². The van der Waals surface area contributed by atoms with Gasteiger partial charge < -0.3 is 10.0 Å². The Morgan fingerprint density at radius 1 is 1.33 bits per heavy atom. The molecule has 2 aromatic rings. The zero-order chi connectivity index (χ0) is 17.3. The maximum absolute atomic E-state index is 12.8.